The summed E-state index contributed by atoms with van der Waals surface area (Å²) in [7, 11) is -0.368. The summed E-state index contributed by atoms with van der Waals surface area (Å²) < 4.78 is 27.9. The minimum absolute atomic E-state index is 0.0796. The first-order valence-electron chi connectivity index (χ1n) is 13.2. The zero-order valence-corrected chi connectivity index (χ0v) is 22.5. The number of unbranched alkanes of at least 4 members (excludes halogenated alkanes) is 1. The molecule has 200 valence electrons. The Morgan fingerprint density at radius 2 is 1.54 bits per heavy atom. The molecular weight excluding hydrogens is 471 g/mol. The minimum Gasteiger partial charge on any atom is -0.494 e. The van der Waals surface area contributed by atoms with Crippen LogP contribution in [-0.4, -0.2) is 45.5 Å². The molecule has 37 heavy (non-hydrogen) atoms. The fraction of sp³-hybridized carbons (Fsp3) is 0.517. The second-order valence-electron chi connectivity index (χ2n) is 10.3. The highest BCUT2D eigenvalue weighted by atomic mass is 16.6. The molecule has 1 heterocycles. The highest BCUT2D eigenvalue weighted by Crippen LogP contribution is 2.30. The number of ether oxygens (including phenoxy) is 3. The highest BCUT2D eigenvalue weighted by Gasteiger charge is 2.31. The van der Waals surface area contributed by atoms with Crippen molar-refractivity contribution in [1.82, 2.24) is 0 Å². The average molecular weight is 510 g/mol. The largest absolute Gasteiger partial charge is 0.494 e. The van der Waals surface area contributed by atoms with Gasteiger partial charge in [-0.25, -0.2) is 4.79 Å². The molecule has 1 fully saturated rings. The van der Waals surface area contributed by atoms with Gasteiger partial charge in [-0.05, 0) is 73.0 Å². The molecule has 0 bridgehead atoms. The number of carbonyl (C=O) groups is 2. The van der Waals surface area contributed by atoms with Crippen LogP contribution in [0.5, 0.6) is 11.5 Å². The smallest absolute Gasteiger partial charge is 0.493 e. The maximum absolute atomic E-state index is 12.5. The second-order valence-corrected chi connectivity index (χ2v) is 10.3. The molecule has 1 atom stereocenters. The van der Waals surface area contributed by atoms with Crippen molar-refractivity contribution in [3.05, 3.63) is 54.1 Å². The van der Waals surface area contributed by atoms with E-state index in [0.29, 0.717) is 43.5 Å². The predicted molar refractivity (Wildman–Crippen MR) is 143 cm³/mol. The number of carbonyl (C=O) groups excluding carboxylic acids is 2. The van der Waals surface area contributed by atoms with Gasteiger partial charge >= 0.3 is 19.1 Å². The lowest BCUT2D eigenvalue weighted by atomic mass is 9.78. The van der Waals surface area contributed by atoms with Gasteiger partial charge in [-0.3, -0.25) is 4.79 Å². The number of esters is 2. The maximum atomic E-state index is 12.5. The second kappa shape index (κ2) is 14.2. The Labute approximate surface area is 220 Å². The third kappa shape index (κ3) is 9.20. The monoisotopic (exact) mass is 510 g/mol. The molecule has 1 unspecified atom stereocenters. The van der Waals surface area contributed by atoms with Crippen LogP contribution in [0.1, 0.15) is 70.2 Å². The molecule has 1 aliphatic rings. The van der Waals surface area contributed by atoms with Gasteiger partial charge in [0, 0.05) is 13.2 Å². The average Bonchev–Trinajstić information content (AvgIpc) is 2.89. The zero-order chi connectivity index (χ0) is 26.7. The van der Waals surface area contributed by atoms with Gasteiger partial charge < -0.3 is 23.5 Å². The Hall–Kier alpha value is -2.84. The van der Waals surface area contributed by atoms with Crippen molar-refractivity contribution in [3.8, 4) is 11.5 Å². The number of hydrogen-bond donors (Lipinski definition) is 0. The first-order chi connectivity index (χ1) is 17.8. The van der Waals surface area contributed by atoms with E-state index < -0.39 is 5.97 Å². The van der Waals surface area contributed by atoms with Crippen molar-refractivity contribution in [2.45, 2.75) is 59.8 Å². The topological polar surface area (TPSA) is 80.3 Å². The summed E-state index contributed by atoms with van der Waals surface area (Å²) in [6.45, 7) is 10.6. The van der Waals surface area contributed by atoms with E-state index in [1.807, 2.05) is 12.1 Å². The lowest BCUT2D eigenvalue weighted by Crippen LogP contribution is -2.40. The molecule has 1 saturated heterocycles. The normalized spacial score (nSPS) is 14.6. The van der Waals surface area contributed by atoms with E-state index in [1.54, 1.807) is 36.4 Å². The molecule has 0 N–H and O–H groups in total. The molecule has 0 saturated carbocycles. The summed E-state index contributed by atoms with van der Waals surface area (Å²) in [6.07, 6.45) is 4.19. The van der Waals surface area contributed by atoms with Crippen LogP contribution < -0.4 is 14.9 Å². The lowest BCUT2D eigenvalue weighted by Gasteiger charge is -2.28. The third-order valence-corrected chi connectivity index (χ3v) is 6.24. The van der Waals surface area contributed by atoms with Crippen LogP contribution in [0.4, 0.5) is 0 Å². The van der Waals surface area contributed by atoms with E-state index in [0.717, 1.165) is 37.6 Å². The van der Waals surface area contributed by atoms with Gasteiger partial charge in [0.25, 0.3) is 0 Å². The summed E-state index contributed by atoms with van der Waals surface area (Å²) in [5.74, 6) is 0.489. The lowest BCUT2D eigenvalue weighted by molar-refractivity contribution is -0.153. The molecule has 0 aliphatic carbocycles. The van der Waals surface area contributed by atoms with Crippen LogP contribution in [0.15, 0.2) is 48.5 Å². The Kier molecular flexibility index (Phi) is 11.0. The van der Waals surface area contributed by atoms with Crippen molar-refractivity contribution in [3.63, 3.8) is 0 Å². The van der Waals surface area contributed by atoms with E-state index in [9.17, 15) is 9.59 Å². The van der Waals surface area contributed by atoms with Gasteiger partial charge in [0.05, 0.1) is 24.7 Å². The molecule has 0 amide bonds. The van der Waals surface area contributed by atoms with Crippen LogP contribution >= 0.6 is 0 Å². The molecule has 0 spiro atoms. The van der Waals surface area contributed by atoms with Crippen molar-refractivity contribution < 1.29 is 33.1 Å². The summed E-state index contributed by atoms with van der Waals surface area (Å²) >= 11 is 0. The summed E-state index contributed by atoms with van der Waals surface area (Å²) in [5.41, 5.74) is 1.23. The van der Waals surface area contributed by atoms with Crippen molar-refractivity contribution in [1.29, 1.82) is 0 Å². The molecule has 1 aliphatic heterocycles. The van der Waals surface area contributed by atoms with Crippen LogP contribution in [0.3, 0.4) is 0 Å². The van der Waals surface area contributed by atoms with E-state index in [2.05, 4.69) is 27.7 Å². The van der Waals surface area contributed by atoms with Gasteiger partial charge in [-0.15, -0.1) is 0 Å². The Balaban J connectivity index is 1.36. The highest BCUT2D eigenvalue weighted by molar-refractivity contribution is 6.61. The fourth-order valence-electron chi connectivity index (χ4n) is 4.09. The van der Waals surface area contributed by atoms with Gasteiger partial charge in [0.2, 0.25) is 0 Å². The van der Waals surface area contributed by atoms with Crippen molar-refractivity contribution in [2.75, 3.05) is 26.4 Å². The Bertz CT molecular complexity index is 977. The van der Waals surface area contributed by atoms with Crippen molar-refractivity contribution >= 4 is 24.5 Å². The minimum atomic E-state index is -0.442. The number of hydrogen-bond acceptors (Lipinski definition) is 7. The Morgan fingerprint density at radius 3 is 2.16 bits per heavy atom. The van der Waals surface area contributed by atoms with Gasteiger partial charge in [0.15, 0.2) is 0 Å². The fourth-order valence-corrected chi connectivity index (χ4v) is 4.09. The quantitative estimate of drug-likeness (QED) is 0.168. The van der Waals surface area contributed by atoms with Gasteiger partial charge in [0.1, 0.15) is 11.5 Å². The van der Waals surface area contributed by atoms with E-state index in [-0.39, 0.29) is 24.4 Å². The maximum Gasteiger partial charge on any atom is 0.493 e. The predicted octanol–water partition coefficient (Wildman–Crippen LogP) is 5.20. The van der Waals surface area contributed by atoms with E-state index >= 15 is 0 Å². The molecular formula is C29H39BO7. The third-order valence-electron chi connectivity index (χ3n) is 6.24. The Morgan fingerprint density at radius 1 is 0.919 bits per heavy atom. The van der Waals surface area contributed by atoms with Crippen LogP contribution in [0, 0.1) is 11.3 Å². The molecule has 0 radical (unpaired) electrons. The molecule has 0 aromatic heterocycles. The standard InChI is InChI=1S/C29H39BO7/c1-5-9-26(29(2,3)4)28(32)34-19-7-6-18-33-24-14-10-22(11-15-24)27(31)37-25-16-12-23(13-17-25)30-35-20-8-21-36-30/h10-17,26H,5-9,18-21H2,1-4H3. The zero-order valence-electron chi connectivity index (χ0n) is 22.5. The van der Waals surface area contributed by atoms with E-state index in [1.165, 1.54) is 0 Å². The number of rotatable bonds is 12. The van der Waals surface area contributed by atoms with Crippen molar-refractivity contribution in [2.24, 2.45) is 11.3 Å². The van der Waals surface area contributed by atoms with Gasteiger partial charge in [-0.1, -0.05) is 46.2 Å². The summed E-state index contributed by atoms with van der Waals surface area (Å²) in [6, 6.07) is 14.0. The molecule has 8 heteroatoms. The molecule has 2 aromatic rings. The van der Waals surface area contributed by atoms with Crippen LogP contribution in [0.2, 0.25) is 0 Å². The number of benzene rings is 2. The molecule has 3 rings (SSSR count). The molecule has 2 aromatic carbocycles. The van der Waals surface area contributed by atoms with Gasteiger partial charge in [-0.2, -0.15) is 0 Å². The molecule has 7 nitrogen and oxygen atoms in total. The first kappa shape index (κ1) is 28.7. The summed E-state index contributed by atoms with van der Waals surface area (Å²) in [5, 5.41) is 0. The summed E-state index contributed by atoms with van der Waals surface area (Å²) in [4.78, 5) is 24.9. The SMILES string of the molecule is CCCC(C(=O)OCCCCOc1ccc(C(=O)Oc2ccc(B3OCCCO3)cc2)cc1)C(C)(C)C. The van der Waals surface area contributed by atoms with Crippen LogP contribution in [-0.2, 0) is 18.8 Å². The van der Waals surface area contributed by atoms with Crippen LogP contribution in [0.25, 0.3) is 0 Å². The van der Waals surface area contributed by atoms with E-state index in [4.69, 9.17) is 23.5 Å². The first-order valence-corrected chi connectivity index (χ1v) is 13.2.